The molecule has 0 saturated heterocycles. The Morgan fingerprint density at radius 1 is 1.30 bits per heavy atom. The van der Waals surface area contributed by atoms with Crippen molar-refractivity contribution in [2.45, 2.75) is 38.9 Å². The molecule has 8 heteroatoms. The fourth-order valence-electron chi connectivity index (χ4n) is 3.14. The number of carbonyl (C=O) groups excluding carboxylic acids is 1. The first-order chi connectivity index (χ1) is 13.0. The van der Waals surface area contributed by atoms with Crippen LogP contribution in [0.1, 0.15) is 30.5 Å². The Balaban J connectivity index is 1.67. The summed E-state index contributed by atoms with van der Waals surface area (Å²) in [7, 11) is 1.49. The molecule has 1 aromatic heterocycles. The molecule has 2 atom stereocenters. The third kappa shape index (κ3) is 4.39. The summed E-state index contributed by atoms with van der Waals surface area (Å²) in [6.07, 6.45) is 1.30. The second kappa shape index (κ2) is 8.11. The number of carboxylic acid groups (broad SMARTS) is 1. The van der Waals surface area contributed by atoms with Crippen molar-refractivity contribution in [1.29, 1.82) is 0 Å². The molecule has 1 saturated carbocycles. The van der Waals surface area contributed by atoms with Gasteiger partial charge in [0.25, 0.3) is 0 Å². The van der Waals surface area contributed by atoms with E-state index in [0.717, 1.165) is 12.0 Å². The number of hydrogen-bond donors (Lipinski definition) is 2. The molecule has 3 rings (SSSR count). The number of nitrogens with zero attached hydrogens (tertiary/aromatic N) is 1. The van der Waals surface area contributed by atoms with Crippen molar-refractivity contribution < 1.29 is 28.7 Å². The molecule has 27 heavy (non-hydrogen) atoms. The van der Waals surface area contributed by atoms with E-state index in [0.29, 0.717) is 35.6 Å². The summed E-state index contributed by atoms with van der Waals surface area (Å²) >= 11 is 0. The van der Waals surface area contributed by atoms with Crippen LogP contribution in [-0.2, 0) is 16.1 Å². The van der Waals surface area contributed by atoms with Crippen LogP contribution in [0, 0.1) is 12.8 Å². The van der Waals surface area contributed by atoms with E-state index in [9.17, 15) is 9.59 Å². The monoisotopic (exact) mass is 374 g/mol. The highest BCUT2D eigenvalue weighted by Gasteiger charge is 2.31. The Morgan fingerprint density at radius 2 is 2.04 bits per heavy atom. The lowest BCUT2D eigenvalue weighted by atomic mass is 10.1. The number of ether oxygens (including phenoxy) is 2. The normalized spacial score (nSPS) is 18.9. The molecule has 144 valence electrons. The summed E-state index contributed by atoms with van der Waals surface area (Å²) in [6.45, 7) is 1.84. The molecule has 0 aliphatic heterocycles. The van der Waals surface area contributed by atoms with E-state index < -0.39 is 12.1 Å². The Bertz CT molecular complexity index is 814. The molecule has 0 spiro atoms. The van der Waals surface area contributed by atoms with Crippen LogP contribution in [-0.4, -0.2) is 35.5 Å². The smallest absolute Gasteiger partial charge is 0.407 e. The van der Waals surface area contributed by atoms with Gasteiger partial charge in [0, 0.05) is 12.6 Å². The van der Waals surface area contributed by atoms with Crippen molar-refractivity contribution in [3.05, 3.63) is 35.5 Å². The molecular weight excluding hydrogens is 352 g/mol. The van der Waals surface area contributed by atoms with Gasteiger partial charge in [-0.25, -0.2) is 4.79 Å². The maximum atomic E-state index is 11.3. The van der Waals surface area contributed by atoms with E-state index in [2.05, 4.69) is 10.5 Å². The summed E-state index contributed by atoms with van der Waals surface area (Å²) < 4.78 is 16.4. The van der Waals surface area contributed by atoms with Gasteiger partial charge in [-0.2, -0.15) is 0 Å². The van der Waals surface area contributed by atoms with E-state index in [1.165, 1.54) is 7.05 Å². The minimum atomic E-state index is -0.761. The molecule has 1 aliphatic rings. The van der Waals surface area contributed by atoms with Gasteiger partial charge in [-0.3, -0.25) is 4.79 Å². The molecule has 0 bridgehead atoms. The van der Waals surface area contributed by atoms with Crippen molar-refractivity contribution in [2.24, 2.45) is 5.92 Å². The average molecular weight is 374 g/mol. The summed E-state index contributed by atoms with van der Waals surface area (Å²) in [5.74, 6) is 0.127. The van der Waals surface area contributed by atoms with Gasteiger partial charge in [-0.15, -0.1) is 0 Å². The van der Waals surface area contributed by atoms with Gasteiger partial charge < -0.3 is 24.4 Å². The number of aryl methyl sites for hydroxylation is 1. The zero-order chi connectivity index (χ0) is 19.4. The zero-order valence-electron chi connectivity index (χ0n) is 15.2. The Hall–Kier alpha value is -3.03. The Kier molecular flexibility index (Phi) is 5.63. The first kappa shape index (κ1) is 18.8. The highest BCUT2D eigenvalue weighted by atomic mass is 16.5. The number of carbonyl (C=O) groups is 2. The fraction of sp³-hybridized carbons (Fsp3) is 0.421. The molecule has 2 aromatic rings. The lowest BCUT2D eigenvalue weighted by Gasteiger charge is -2.13. The number of benzene rings is 1. The lowest BCUT2D eigenvalue weighted by Crippen LogP contribution is -2.19. The number of rotatable bonds is 6. The van der Waals surface area contributed by atoms with Crippen LogP contribution >= 0.6 is 0 Å². The standard InChI is InChI=1S/C19H22N2O6/c1-11-16(10-25-19(24)20-2)17(27-21-11)12-3-6-14(7-4-12)26-15-8-5-13(9-15)18(22)23/h3-4,6-7,13,15H,5,8-10H2,1-2H3,(H,20,24)(H,22,23)/t13-,15+/m1/s1. The van der Waals surface area contributed by atoms with Crippen molar-refractivity contribution in [3.8, 4) is 17.1 Å². The molecule has 1 aromatic carbocycles. The van der Waals surface area contributed by atoms with Crippen LogP contribution in [0.5, 0.6) is 5.75 Å². The minimum Gasteiger partial charge on any atom is -0.490 e. The number of alkyl carbamates (subject to hydrolysis) is 1. The molecule has 1 aliphatic carbocycles. The second-order valence-electron chi connectivity index (χ2n) is 6.51. The van der Waals surface area contributed by atoms with Gasteiger partial charge in [0.15, 0.2) is 5.76 Å². The predicted molar refractivity (Wildman–Crippen MR) is 95.3 cm³/mol. The van der Waals surface area contributed by atoms with Gasteiger partial charge in [-0.05, 0) is 50.5 Å². The Morgan fingerprint density at radius 3 is 2.67 bits per heavy atom. The van der Waals surface area contributed by atoms with Crippen LogP contribution < -0.4 is 10.1 Å². The zero-order valence-corrected chi connectivity index (χ0v) is 15.2. The number of amides is 1. The van der Waals surface area contributed by atoms with Gasteiger partial charge in [-0.1, -0.05) is 5.16 Å². The molecular formula is C19H22N2O6. The highest BCUT2D eigenvalue weighted by Crippen LogP contribution is 2.32. The van der Waals surface area contributed by atoms with E-state index >= 15 is 0 Å². The van der Waals surface area contributed by atoms with Crippen molar-refractivity contribution >= 4 is 12.1 Å². The van der Waals surface area contributed by atoms with Crippen LogP contribution in [0.4, 0.5) is 4.79 Å². The van der Waals surface area contributed by atoms with Crippen LogP contribution in [0.3, 0.4) is 0 Å². The summed E-state index contributed by atoms with van der Waals surface area (Å²) in [5, 5.41) is 15.4. The van der Waals surface area contributed by atoms with Gasteiger partial charge in [0.05, 0.1) is 23.3 Å². The molecule has 0 radical (unpaired) electrons. The van der Waals surface area contributed by atoms with Gasteiger partial charge in [0.2, 0.25) is 0 Å². The first-order valence-corrected chi connectivity index (χ1v) is 8.77. The van der Waals surface area contributed by atoms with E-state index in [1.54, 1.807) is 6.92 Å². The first-order valence-electron chi connectivity index (χ1n) is 8.77. The number of aliphatic carboxylic acids is 1. The second-order valence-corrected chi connectivity index (χ2v) is 6.51. The van der Waals surface area contributed by atoms with Crippen LogP contribution in [0.2, 0.25) is 0 Å². The third-order valence-corrected chi connectivity index (χ3v) is 4.69. The largest absolute Gasteiger partial charge is 0.490 e. The van der Waals surface area contributed by atoms with Crippen molar-refractivity contribution in [2.75, 3.05) is 7.05 Å². The average Bonchev–Trinajstić information content (AvgIpc) is 3.27. The highest BCUT2D eigenvalue weighted by molar-refractivity contribution is 5.70. The molecule has 1 fully saturated rings. The third-order valence-electron chi connectivity index (χ3n) is 4.69. The van der Waals surface area contributed by atoms with Crippen molar-refractivity contribution in [3.63, 3.8) is 0 Å². The number of aromatic nitrogens is 1. The topological polar surface area (TPSA) is 111 Å². The SMILES string of the molecule is CNC(=O)OCc1c(C)noc1-c1ccc(O[C@H]2CC[C@@H](C(=O)O)C2)cc1. The number of carboxylic acids is 1. The van der Waals surface area contributed by atoms with Crippen molar-refractivity contribution in [1.82, 2.24) is 10.5 Å². The van der Waals surface area contributed by atoms with E-state index in [-0.39, 0.29) is 18.6 Å². The number of nitrogens with one attached hydrogen (secondary N) is 1. The molecule has 1 heterocycles. The summed E-state index contributed by atoms with van der Waals surface area (Å²) in [4.78, 5) is 22.3. The predicted octanol–water partition coefficient (Wildman–Crippen LogP) is 3.14. The van der Waals surface area contributed by atoms with Crippen LogP contribution in [0.15, 0.2) is 28.8 Å². The molecule has 2 N–H and O–H groups in total. The maximum absolute atomic E-state index is 11.3. The number of hydrogen-bond acceptors (Lipinski definition) is 6. The summed E-state index contributed by atoms with van der Waals surface area (Å²) in [6, 6.07) is 7.29. The van der Waals surface area contributed by atoms with Gasteiger partial charge in [0.1, 0.15) is 12.4 Å². The Labute approximate surface area is 156 Å². The molecule has 8 nitrogen and oxygen atoms in total. The van der Waals surface area contributed by atoms with E-state index in [4.69, 9.17) is 19.1 Å². The van der Waals surface area contributed by atoms with E-state index in [1.807, 2.05) is 24.3 Å². The van der Waals surface area contributed by atoms with Crippen LogP contribution in [0.25, 0.3) is 11.3 Å². The van der Waals surface area contributed by atoms with Gasteiger partial charge >= 0.3 is 12.1 Å². The minimum absolute atomic E-state index is 0.0568. The molecule has 0 unspecified atom stereocenters. The fourth-order valence-corrected chi connectivity index (χ4v) is 3.14. The lowest BCUT2D eigenvalue weighted by molar-refractivity contribution is -0.141. The quantitative estimate of drug-likeness (QED) is 0.799. The molecule has 1 amide bonds. The summed E-state index contributed by atoms with van der Waals surface area (Å²) in [5.41, 5.74) is 2.14. The maximum Gasteiger partial charge on any atom is 0.407 e.